The number of fused-ring (bicyclic) bond motifs is 1. The van der Waals surface area contributed by atoms with Crippen molar-refractivity contribution in [2.75, 3.05) is 4.90 Å². The number of phenolic OH excluding ortho intramolecular Hbond substituents is 1. The average molecular weight is 274 g/mol. The van der Waals surface area contributed by atoms with Gasteiger partial charge >= 0.3 is 0 Å². The van der Waals surface area contributed by atoms with E-state index in [2.05, 4.69) is 0 Å². The van der Waals surface area contributed by atoms with Crippen LogP contribution in [0.15, 0.2) is 42.5 Å². The van der Waals surface area contributed by atoms with E-state index in [-0.39, 0.29) is 10.8 Å². The van der Waals surface area contributed by atoms with Crippen LogP contribution in [0, 0.1) is 0 Å². The van der Waals surface area contributed by atoms with Crippen molar-refractivity contribution in [1.82, 2.24) is 0 Å². The molecule has 2 aromatic rings. The van der Waals surface area contributed by atoms with E-state index in [9.17, 15) is 14.7 Å². The fraction of sp³-hybridized carbons (Fsp3) is 0. The summed E-state index contributed by atoms with van der Waals surface area (Å²) in [6.45, 7) is 0. The Morgan fingerprint density at radius 2 is 1.53 bits per heavy atom. The largest absolute Gasteiger partial charge is 0.506 e. The zero-order valence-electron chi connectivity index (χ0n) is 9.63. The summed E-state index contributed by atoms with van der Waals surface area (Å²) < 4.78 is 0. The van der Waals surface area contributed by atoms with Gasteiger partial charge in [0, 0.05) is 6.07 Å². The van der Waals surface area contributed by atoms with Crippen LogP contribution in [0.25, 0.3) is 0 Å². The molecule has 0 aliphatic carbocycles. The van der Waals surface area contributed by atoms with E-state index in [1.807, 2.05) is 0 Å². The lowest BCUT2D eigenvalue weighted by Crippen LogP contribution is -2.29. The number of rotatable bonds is 1. The molecule has 0 radical (unpaired) electrons. The van der Waals surface area contributed by atoms with Crippen molar-refractivity contribution in [3.8, 4) is 5.75 Å². The Hall–Kier alpha value is -2.33. The summed E-state index contributed by atoms with van der Waals surface area (Å²) in [6.07, 6.45) is 0. The van der Waals surface area contributed by atoms with Crippen LogP contribution >= 0.6 is 11.6 Å². The fourth-order valence-corrected chi connectivity index (χ4v) is 2.18. The molecule has 3 rings (SSSR count). The number of anilines is 1. The average Bonchev–Trinajstić information content (AvgIpc) is 2.66. The highest BCUT2D eigenvalue weighted by molar-refractivity contribution is 6.35. The van der Waals surface area contributed by atoms with Crippen molar-refractivity contribution in [3.63, 3.8) is 0 Å². The van der Waals surface area contributed by atoms with Crippen molar-refractivity contribution in [2.24, 2.45) is 0 Å². The quantitative estimate of drug-likeness (QED) is 0.813. The van der Waals surface area contributed by atoms with E-state index in [0.29, 0.717) is 16.8 Å². The van der Waals surface area contributed by atoms with Gasteiger partial charge in [-0.15, -0.1) is 0 Å². The number of hydrogen-bond acceptors (Lipinski definition) is 3. The van der Waals surface area contributed by atoms with Gasteiger partial charge in [0.2, 0.25) is 0 Å². The Morgan fingerprint density at radius 1 is 0.947 bits per heavy atom. The maximum Gasteiger partial charge on any atom is 0.266 e. The SMILES string of the molecule is O=C1c2ccccc2C(=O)N1c1ccc(Cl)c(O)c1. The first-order valence-electron chi connectivity index (χ1n) is 5.56. The summed E-state index contributed by atoms with van der Waals surface area (Å²) in [6, 6.07) is 10.9. The van der Waals surface area contributed by atoms with Crippen LogP contribution in [-0.4, -0.2) is 16.9 Å². The minimum Gasteiger partial charge on any atom is -0.506 e. The van der Waals surface area contributed by atoms with Crippen LogP contribution in [-0.2, 0) is 0 Å². The first-order valence-corrected chi connectivity index (χ1v) is 5.94. The van der Waals surface area contributed by atoms with Crippen molar-refractivity contribution in [2.45, 2.75) is 0 Å². The Kier molecular flexibility index (Phi) is 2.54. The molecule has 0 fully saturated rings. The second kappa shape index (κ2) is 4.10. The molecule has 1 aliphatic heterocycles. The predicted octanol–water partition coefficient (Wildman–Crippen LogP) is 2.85. The Morgan fingerprint density at radius 3 is 2.05 bits per heavy atom. The van der Waals surface area contributed by atoms with Crippen LogP contribution in [0.3, 0.4) is 0 Å². The third kappa shape index (κ3) is 1.69. The zero-order valence-corrected chi connectivity index (χ0v) is 10.4. The van der Waals surface area contributed by atoms with Gasteiger partial charge < -0.3 is 5.11 Å². The van der Waals surface area contributed by atoms with Crippen LogP contribution in [0.5, 0.6) is 5.75 Å². The molecule has 0 spiro atoms. The molecule has 0 saturated heterocycles. The second-order valence-electron chi connectivity index (χ2n) is 4.13. The lowest BCUT2D eigenvalue weighted by molar-refractivity contribution is 0.0926. The smallest absolute Gasteiger partial charge is 0.266 e. The zero-order chi connectivity index (χ0) is 13.6. The number of aromatic hydroxyl groups is 1. The van der Waals surface area contributed by atoms with E-state index >= 15 is 0 Å². The number of nitrogens with zero attached hydrogens (tertiary/aromatic N) is 1. The molecule has 94 valence electrons. The maximum absolute atomic E-state index is 12.2. The third-order valence-corrected chi connectivity index (χ3v) is 3.30. The van der Waals surface area contributed by atoms with Gasteiger partial charge in [-0.3, -0.25) is 9.59 Å². The van der Waals surface area contributed by atoms with E-state index in [0.717, 1.165) is 4.90 Å². The number of halogens is 1. The standard InChI is InChI=1S/C14H8ClNO3/c15-11-6-5-8(7-12(11)17)16-13(18)9-3-1-2-4-10(9)14(16)19/h1-7,17H. The number of carbonyl (C=O) groups excluding carboxylic acids is 2. The van der Waals surface area contributed by atoms with Crippen molar-refractivity contribution in [1.29, 1.82) is 0 Å². The summed E-state index contributed by atoms with van der Waals surface area (Å²) in [5, 5.41) is 9.74. The number of hydrogen-bond donors (Lipinski definition) is 1. The first kappa shape index (κ1) is 11.7. The van der Waals surface area contributed by atoms with E-state index in [1.54, 1.807) is 24.3 Å². The molecular weight excluding hydrogens is 266 g/mol. The molecule has 5 heteroatoms. The third-order valence-electron chi connectivity index (χ3n) is 2.98. The normalized spacial score (nSPS) is 13.8. The van der Waals surface area contributed by atoms with Gasteiger partial charge in [0.25, 0.3) is 11.8 Å². The maximum atomic E-state index is 12.2. The summed E-state index contributed by atoms with van der Waals surface area (Å²) in [4.78, 5) is 25.4. The molecular formula is C14H8ClNO3. The summed E-state index contributed by atoms with van der Waals surface area (Å²) >= 11 is 5.71. The number of imide groups is 1. The van der Waals surface area contributed by atoms with Crippen molar-refractivity contribution < 1.29 is 14.7 Å². The predicted molar refractivity (Wildman–Crippen MR) is 70.7 cm³/mol. The molecule has 0 aromatic heterocycles. The monoisotopic (exact) mass is 273 g/mol. The van der Waals surface area contributed by atoms with Gasteiger partial charge in [0.1, 0.15) is 5.75 Å². The highest BCUT2D eigenvalue weighted by Crippen LogP contribution is 2.33. The fourth-order valence-electron chi connectivity index (χ4n) is 2.06. The molecule has 0 saturated carbocycles. The van der Waals surface area contributed by atoms with Gasteiger partial charge in [-0.05, 0) is 24.3 Å². The molecule has 1 aliphatic rings. The van der Waals surface area contributed by atoms with Gasteiger partial charge in [-0.1, -0.05) is 23.7 Å². The van der Waals surface area contributed by atoms with E-state index < -0.39 is 11.8 Å². The number of phenols is 1. The second-order valence-corrected chi connectivity index (χ2v) is 4.53. The van der Waals surface area contributed by atoms with Gasteiger partial charge in [-0.2, -0.15) is 0 Å². The van der Waals surface area contributed by atoms with Crippen LogP contribution < -0.4 is 4.90 Å². The molecule has 1 heterocycles. The topological polar surface area (TPSA) is 57.6 Å². The summed E-state index contributed by atoms with van der Waals surface area (Å²) in [5.41, 5.74) is 1.02. The Balaban J connectivity index is 2.11. The molecule has 2 aromatic carbocycles. The minimum atomic E-state index is -0.401. The minimum absolute atomic E-state index is 0.167. The number of carbonyl (C=O) groups is 2. The van der Waals surface area contributed by atoms with Crippen LogP contribution in [0.4, 0.5) is 5.69 Å². The van der Waals surface area contributed by atoms with Crippen molar-refractivity contribution >= 4 is 29.1 Å². The van der Waals surface area contributed by atoms with Gasteiger partial charge in [0.05, 0.1) is 21.8 Å². The Labute approximate surface area is 113 Å². The number of benzene rings is 2. The molecule has 19 heavy (non-hydrogen) atoms. The molecule has 4 nitrogen and oxygen atoms in total. The Bertz CT molecular complexity index is 677. The highest BCUT2D eigenvalue weighted by atomic mass is 35.5. The van der Waals surface area contributed by atoms with E-state index in [4.69, 9.17) is 11.6 Å². The lowest BCUT2D eigenvalue weighted by atomic mass is 10.1. The lowest BCUT2D eigenvalue weighted by Gasteiger charge is -2.14. The first-order chi connectivity index (χ1) is 9.09. The summed E-state index contributed by atoms with van der Waals surface area (Å²) in [5.74, 6) is -0.972. The van der Waals surface area contributed by atoms with Gasteiger partial charge in [0.15, 0.2) is 0 Å². The molecule has 0 unspecified atom stereocenters. The summed E-state index contributed by atoms with van der Waals surface area (Å²) in [7, 11) is 0. The van der Waals surface area contributed by atoms with Crippen molar-refractivity contribution in [3.05, 3.63) is 58.6 Å². The van der Waals surface area contributed by atoms with Crippen LogP contribution in [0.1, 0.15) is 20.7 Å². The number of amides is 2. The molecule has 2 amide bonds. The van der Waals surface area contributed by atoms with Crippen LogP contribution in [0.2, 0.25) is 5.02 Å². The molecule has 0 atom stereocenters. The highest BCUT2D eigenvalue weighted by Gasteiger charge is 2.36. The van der Waals surface area contributed by atoms with E-state index in [1.165, 1.54) is 18.2 Å². The van der Waals surface area contributed by atoms with Gasteiger partial charge in [-0.25, -0.2) is 4.90 Å². The molecule has 1 N–H and O–H groups in total. The molecule has 0 bridgehead atoms.